The van der Waals surface area contributed by atoms with Crippen LogP contribution in [0.4, 0.5) is 17.6 Å². The van der Waals surface area contributed by atoms with Gasteiger partial charge in [-0.15, -0.1) is 0 Å². The molecule has 0 unspecified atom stereocenters. The van der Waals surface area contributed by atoms with Gasteiger partial charge in [-0.25, -0.2) is 0 Å². The molecule has 0 saturated carbocycles. The van der Waals surface area contributed by atoms with E-state index in [1.54, 1.807) is 0 Å². The van der Waals surface area contributed by atoms with Gasteiger partial charge in [0.15, 0.2) is 0 Å². The SMILES string of the molecule is Cc1ccc(Nc2nc(C)nc(N(C)Cc3ccccc3)n2)cc1. The Balaban J connectivity index is 1.79. The smallest absolute Gasteiger partial charge is 0.232 e. The molecule has 1 heterocycles. The molecule has 0 spiro atoms. The van der Waals surface area contributed by atoms with E-state index in [2.05, 4.69) is 51.5 Å². The highest BCUT2D eigenvalue weighted by Crippen LogP contribution is 2.17. The summed E-state index contributed by atoms with van der Waals surface area (Å²) in [5, 5.41) is 3.24. The number of anilines is 3. The molecule has 0 aliphatic heterocycles. The van der Waals surface area contributed by atoms with Crippen LogP contribution in [0.1, 0.15) is 17.0 Å². The van der Waals surface area contributed by atoms with Gasteiger partial charge in [0.1, 0.15) is 5.82 Å². The molecule has 2 aromatic carbocycles. The predicted octanol–water partition coefficient (Wildman–Crippen LogP) is 3.87. The normalized spacial score (nSPS) is 10.5. The van der Waals surface area contributed by atoms with E-state index in [-0.39, 0.29) is 0 Å². The quantitative estimate of drug-likeness (QED) is 0.773. The van der Waals surface area contributed by atoms with E-state index in [1.807, 2.05) is 49.2 Å². The molecular weight excluding hydrogens is 298 g/mol. The van der Waals surface area contributed by atoms with Crippen molar-refractivity contribution in [3.8, 4) is 0 Å². The van der Waals surface area contributed by atoms with E-state index < -0.39 is 0 Å². The Hall–Kier alpha value is -2.95. The Morgan fingerprint density at radius 1 is 0.875 bits per heavy atom. The topological polar surface area (TPSA) is 53.9 Å². The van der Waals surface area contributed by atoms with Gasteiger partial charge in [0.2, 0.25) is 11.9 Å². The molecule has 5 heteroatoms. The van der Waals surface area contributed by atoms with E-state index in [1.165, 1.54) is 11.1 Å². The summed E-state index contributed by atoms with van der Waals surface area (Å²) in [6.45, 7) is 4.68. The van der Waals surface area contributed by atoms with E-state index in [0.717, 1.165) is 12.2 Å². The van der Waals surface area contributed by atoms with Crippen LogP contribution in [0.3, 0.4) is 0 Å². The van der Waals surface area contributed by atoms with Gasteiger partial charge in [0.05, 0.1) is 0 Å². The standard InChI is InChI=1S/C19H21N5/c1-14-9-11-17(12-10-14)22-18-20-15(2)21-19(23-18)24(3)13-16-7-5-4-6-8-16/h4-12H,13H2,1-3H3,(H,20,21,22,23). The summed E-state index contributed by atoms with van der Waals surface area (Å²) >= 11 is 0. The lowest BCUT2D eigenvalue weighted by atomic mass is 10.2. The van der Waals surface area contributed by atoms with Crippen LogP contribution in [0.5, 0.6) is 0 Å². The van der Waals surface area contributed by atoms with Gasteiger partial charge in [-0.3, -0.25) is 0 Å². The molecule has 0 bridgehead atoms. The molecular formula is C19H21N5. The highest BCUT2D eigenvalue weighted by molar-refractivity contribution is 5.54. The molecule has 0 fully saturated rings. The zero-order valence-corrected chi connectivity index (χ0v) is 14.2. The van der Waals surface area contributed by atoms with Crippen LogP contribution < -0.4 is 10.2 Å². The zero-order valence-electron chi connectivity index (χ0n) is 14.2. The summed E-state index contributed by atoms with van der Waals surface area (Å²) in [5.74, 6) is 1.90. The van der Waals surface area contributed by atoms with Crippen LogP contribution in [0, 0.1) is 13.8 Å². The predicted molar refractivity (Wildman–Crippen MR) is 97.6 cm³/mol. The summed E-state index contributed by atoms with van der Waals surface area (Å²) in [5.41, 5.74) is 3.39. The van der Waals surface area contributed by atoms with Gasteiger partial charge in [0.25, 0.3) is 0 Å². The Labute approximate surface area is 142 Å². The van der Waals surface area contributed by atoms with Crippen LogP contribution in [0.2, 0.25) is 0 Å². The molecule has 3 aromatic rings. The first kappa shape index (κ1) is 15.9. The fraction of sp³-hybridized carbons (Fsp3) is 0.211. The van der Waals surface area contributed by atoms with Gasteiger partial charge in [0, 0.05) is 19.3 Å². The van der Waals surface area contributed by atoms with Crippen molar-refractivity contribution in [2.75, 3.05) is 17.3 Å². The molecule has 122 valence electrons. The minimum Gasteiger partial charge on any atom is -0.339 e. The molecule has 1 N–H and O–H groups in total. The highest BCUT2D eigenvalue weighted by atomic mass is 15.3. The van der Waals surface area contributed by atoms with Crippen molar-refractivity contribution in [2.24, 2.45) is 0 Å². The molecule has 0 radical (unpaired) electrons. The molecule has 24 heavy (non-hydrogen) atoms. The number of nitrogens with zero attached hydrogens (tertiary/aromatic N) is 4. The minimum atomic E-state index is 0.557. The Morgan fingerprint density at radius 3 is 2.29 bits per heavy atom. The Morgan fingerprint density at radius 2 is 1.58 bits per heavy atom. The van der Waals surface area contributed by atoms with Crippen LogP contribution >= 0.6 is 0 Å². The lowest BCUT2D eigenvalue weighted by molar-refractivity contribution is 0.841. The second-order valence-corrected chi connectivity index (χ2v) is 5.84. The van der Waals surface area contributed by atoms with Gasteiger partial charge >= 0.3 is 0 Å². The van der Waals surface area contributed by atoms with Crippen molar-refractivity contribution in [1.82, 2.24) is 15.0 Å². The van der Waals surface area contributed by atoms with Crippen LogP contribution in [0.25, 0.3) is 0 Å². The molecule has 0 saturated heterocycles. The fourth-order valence-corrected chi connectivity index (χ4v) is 2.39. The first-order valence-electron chi connectivity index (χ1n) is 7.91. The molecule has 0 amide bonds. The lowest BCUT2D eigenvalue weighted by Gasteiger charge is -2.18. The van der Waals surface area contributed by atoms with Gasteiger partial charge in [-0.1, -0.05) is 48.0 Å². The average Bonchev–Trinajstić information content (AvgIpc) is 2.57. The maximum Gasteiger partial charge on any atom is 0.232 e. The molecule has 3 rings (SSSR count). The monoisotopic (exact) mass is 319 g/mol. The van der Waals surface area contributed by atoms with Crippen molar-refractivity contribution in [3.05, 3.63) is 71.5 Å². The molecule has 0 aliphatic carbocycles. The largest absolute Gasteiger partial charge is 0.339 e. The van der Waals surface area contributed by atoms with Gasteiger partial charge < -0.3 is 10.2 Å². The molecule has 0 aliphatic rings. The number of benzene rings is 2. The third kappa shape index (κ3) is 4.07. The molecule has 0 atom stereocenters. The summed E-state index contributed by atoms with van der Waals surface area (Å²) in [4.78, 5) is 15.4. The Bertz CT molecular complexity index is 800. The van der Waals surface area contributed by atoms with Gasteiger partial charge in [-0.2, -0.15) is 15.0 Å². The Kier molecular flexibility index (Phi) is 4.70. The maximum atomic E-state index is 4.54. The van der Waals surface area contributed by atoms with Crippen molar-refractivity contribution in [3.63, 3.8) is 0 Å². The third-order valence-corrected chi connectivity index (χ3v) is 3.65. The number of hydrogen-bond donors (Lipinski definition) is 1. The van der Waals surface area contributed by atoms with Crippen molar-refractivity contribution in [1.29, 1.82) is 0 Å². The van der Waals surface area contributed by atoms with E-state index in [4.69, 9.17) is 0 Å². The summed E-state index contributed by atoms with van der Waals surface area (Å²) < 4.78 is 0. The van der Waals surface area contributed by atoms with Crippen LogP contribution in [-0.4, -0.2) is 22.0 Å². The van der Waals surface area contributed by atoms with E-state index >= 15 is 0 Å². The lowest BCUT2D eigenvalue weighted by Crippen LogP contribution is -2.20. The number of aromatic nitrogens is 3. The second-order valence-electron chi connectivity index (χ2n) is 5.84. The van der Waals surface area contributed by atoms with E-state index in [0.29, 0.717) is 17.7 Å². The van der Waals surface area contributed by atoms with Crippen LogP contribution in [0.15, 0.2) is 54.6 Å². The van der Waals surface area contributed by atoms with Crippen LogP contribution in [-0.2, 0) is 6.54 Å². The highest BCUT2D eigenvalue weighted by Gasteiger charge is 2.09. The first-order chi connectivity index (χ1) is 11.6. The van der Waals surface area contributed by atoms with Crippen molar-refractivity contribution < 1.29 is 0 Å². The summed E-state index contributed by atoms with van der Waals surface area (Å²) in [6.07, 6.45) is 0. The fourth-order valence-electron chi connectivity index (χ4n) is 2.39. The second kappa shape index (κ2) is 7.08. The van der Waals surface area contributed by atoms with E-state index in [9.17, 15) is 0 Å². The third-order valence-electron chi connectivity index (χ3n) is 3.65. The average molecular weight is 319 g/mol. The number of hydrogen-bond acceptors (Lipinski definition) is 5. The zero-order chi connectivity index (χ0) is 16.9. The number of aryl methyl sites for hydroxylation is 2. The summed E-state index contributed by atoms with van der Waals surface area (Å²) in [6, 6.07) is 18.4. The van der Waals surface area contributed by atoms with Gasteiger partial charge in [-0.05, 0) is 31.5 Å². The minimum absolute atomic E-state index is 0.557. The van der Waals surface area contributed by atoms with Crippen molar-refractivity contribution >= 4 is 17.6 Å². The number of nitrogens with one attached hydrogen (secondary N) is 1. The molecule has 5 nitrogen and oxygen atoms in total. The first-order valence-corrected chi connectivity index (χ1v) is 7.91. The number of rotatable bonds is 5. The maximum absolute atomic E-state index is 4.54. The van der Waals surface area contributed by atoms with Crippen molar-refractivity contribution in [2.45, 2.75) is 20.4 Å². The molecule has 1 aromatic heterocycles. The summed E-state index contributed by atoms with van der Waals surface area (Å²) in [7, 11) is 1.98.